The number of hydrogen-bond acceptors (Lipinski definition) is 3. The Morgan fingerprint density at radius 2 is 0.717 bits per heavy atom. The van der Waals surface area contributed by atoms with Crippen molar-refractivity contribution in [2.75, 3.05) is 0 Å². The van der Waals surface area contributed by atoms with Crippen molar-refractivity contribution in [2.45, 2.75) is 0 Å². The van der Waals surface area contributed by atoms with Crippen LogP contribution in [0.5, 0.6) is 0 Å². The van der Waals surface area contributed by atoms with Crippen LogP contribution < -0.4 is 0 Å². The van der Waals surface area contributed by atoms with Crippen LogP contribution in [0.3, 0.4) is 0 Å². The Balaban J connectivity index is 1.02. The first-order valence-electron chi connectivity index (χ1n) is 20.4. The summed E-state index contributed by atoms with van der Waals surface area (Å²) >= 11 is 0. The molecular formula is C57H35N3. The van der Waals surface area contributed by atoms with Crippen LogP contribution in [0.2, 0.25) is 0 Å². The lowest BCUT2D eigenvalue weighted by Gasteiger charge is -2.16. The van der Waals surface area contributed by atoms with Crippen molar-refractivity contribution in [3.63, 3.8) is 0 Å². The van der Waals surface area contributed by atoms with Crippen LogP contribution in [0.15, 0.2) is 212 Å². The van der Waals surface area contributed by atoms with Crippen LogP contribution in [0.25, 0.3) is 121 Å². The summed E-state index contributed by atoms with van der Waals surface area (Å²) in [5.41, 5.74) is 10.1. The molecule has 2 aromatic heterocycles. The number of pyridine rings is 1. The average Bonchev–Trinajstić information content (AvgIpc) is 3.33. The Hall–Kier alpha value is -8.01. The quantitative estimate of drug-likeness (QED) is 0.164. The number of nitrogens with zero attached hydrogens (tertiary/aromatic N) is 3. The van der Waals surface area contributed by atoms with E-state index in [9.17, 15) is 0 Å². The van der Waals surface area contributed by atoms with E-state index in [-0.39, 0.29) is 0 Å². The van der Waals surface area contributed by atoms with Gasteiger partial charge < -0.3 is 0 Å². The minimum atomic E-state index is 0.697. The lowest BCUT2D eigenvalue weighted by atomic mass is 9.89. The number of benzene rings is 10. The summed E-state index contributed by atoms with van der Waals surface area (Å²) in [7, 11) is 0. The molecule has 0 atom stereocenters. The smallest absolute Gasteiger partial charge is 0.160 e. The lowest BCUT2D eigenvalue weighted by molar-refractivity contribution is 1.18. The molecule has 0 N–H and O–H groups in total. The zero-order valence-corrected chi connectivity index (χ0v) is 32.5. The van der Waals surface area contributed by atoms with Gasteiger partial charge in [0.25, 0.3) is 0 Å². The molecule has 0 aliphatic carbocycles. The van der Waals surface area contributed by atoms with Gasteiger partial charge in [-0.2, -0.15) is 0 Å². The second-order valence-electron chi connectivity index (χ2n) is 15.6. The third-order valence-corrected chi connectivity index (χ3v) is 12.0. The summed E-state index contributed by atoms with van der Waals surface area (Å²) in [5.74, 6) is 0.697. The van der Waals surface area contributed by atoms with Crippen molar-refractivity contribution in [1.82, 2.24) is 15.0 Å². The van der Waals surface area contributed by atoms with Crippen molar-refractivity contribution in [3.8, 4) is 56.3 Å². The molecule has 278 valence electrons. The highest BCUT2D eigenvalue weighted by Gasteiger charge is 2.18. The standard InChI is InChI=1S/C57H35N3/c1-3-15-38-31-43(29-27-36(38)13-1)53-35-52(59-57(60-53)45-30-28-37-14-2-4-16-39(37)34-45)42-19-11-17-40(32-42)41-18-12-20-44(33-41)56-55-49-24-8-6-22-47(49)46-21-5-7-23-48(46)54(55)50-25-9-10-26-51(50)58-56/h1-35H. The number of hydrogen-bond donors (Lipinski definition) is 0. The maximum Gasteiger partial charge on any atom is 0.160 e. The molecule has 2 heterocycles. The van der Waals surface area contributed by atoms with E-state index in [0.29, 0.717) is 5.82 Å². The molecule has 0 unspecified atom stereocenters. The van der Waals surface area contributed by atoms with E-state index < -0.39 is 0 Å². The first-order chi connectivity index (χ1) is 29.7. The van der Waals surface area contributed by atoms with Gasteiger partial charge in [-0.1, -0.05) is 176 Å². The molecule has 0 fully saturated rings. The van der Waals surface area contributed by atoms with Gasteiger partial charge in [0.15, 0.2) is 5.82 Å². The number of rotatable bonds is 5. The van der Waals surface area contributed by atoms with Gasteiger partial charge in [0, 0.05) is 38.4 Å². The molecule has 12 aromatic rings. The van der Waals surface area contributed by atoms with E-state index in [2.05, 4.69) is 212 Å². The Bertz CT molecular complexity index is 3580. The van der Waals surface area contributed by atoms with E-state index in [0.717, 1.165) is 66.8 Å². The molecular weight excluding hydrogens is 727 g/mol. The molecule has 0 saturated carbocycles. The summed E-state index contributed by atoms with van der Waals surface area (Å²) < 4.78 is 0. The van der Waals surface area contributed by atoms with Gasteiger partial charge in [-0.05, 0) is 90.6 Å². The SMILES string of the molecule is c1cc(-c2cccc(-c3nc4ccccc4c4c5ccccc5c5ccccc5c34)c2)cc(-c2cc(-c3ccc4ccccc4c3)nc(-c3ccc4ccccc4c3)n2)c1. The van der Waals surface area contributed by atoms with E-state index in [1.807, 2.05) is 0 Å². The number of para-hydroxylation sites is 1. The summed E-state index contributed by atoms with van der Waals surface area (Å²) in [6.45, 7) is 0. The molecule has 60 heavy (non-hydrogen) atoms. The van der Waals surface area contributed by atoms with Crippen LogP contribution in [0.4, 0.5) is 0 Å². The van der Waals surface area contributed by atoms with E-state index in [4.69, 9.17) is 15.0 Å². The van der Waals surface area contributed by atoms with Gasteiger partial charge in [0.2, 0.25) is 0 Å². The maximum absolute atomic E-state index is 5.43. The van der Waals surface area contributed by atoms with E-state index in [1.54, 1.807) is 0 Å². The normalized spacial score (nSPS) is 11.7. The van der Waals surface area contributed by atoms with Crippen molar-refractivity contribution in [3.05, 3.63) is 212 Å². The van der Waals surface area contributed by atoms with Gasteiger partial charge in [-0.25, -0.2) is 15.0 Å². The summed E-state index contributed by atoms with van der Waals surface area (Å²) in [6.07, 6.45) is 0. The topological polar surface area (TPSA) is 38.7 Å². The van der Waals surface area contributed by atoms with E-state index >= 15 is 0 Å². The Kier molecular flexibility index (Phi) is 7.85. The van der Waals surface area contributed by atoms with Gasteiger partial charge in [-0.15, -0.1) is 0 Å². The predicted octanol–water partition coefficient (Wildman–Crippen LogP) is 15.1. The highest BCUT2D eigenvalue weighted by atomic mass is 14.9. The third kappa shape index (κ3) is 5.71. The first kappa shape index (κ1) is 34.1. The molecule has 10 aromatic carbocycles. The molecule has 3 nitrogen and oxygen atoms in total. The summed E-state index contributed by atoms with van der Waals surface area (Å²) in [6, 6.07) is 75.7. The minimum Gasteiger partial charge on any atom is -0.247 e. The molecule has 0 aliphatic heterocycles. The fourth-order valence-corrected chi connectivity index (χ4v) is 9.09. The molecule has 0 aliphatic rings. The Morgan fingerprint density at radius 1 is 0.250 bits per heavy atom. The van der Waals surface area contributed by atoms with Gasteiger partial charge in [0.1, 0.15) is 0 Å². The first-order valence-corrected chi connectivity index (χ1v) is 20.4. The average molecular weight is 762 g/mol. The van der Waals surface area contributed by atoms with Crippen LogP contribution >= 0.6 is 0 Å². The van der Waals surface area contributed by atoms with Crippen molar-refractivity contribution in [2.24, 2.45) is 0 Å². The zero-order chi connectivity index (χ0) is 39.6. The van der Waals surface area contributed by atoms with Crippen molar-refractivity contribution >= 4 is 64.8 Å². The van der Waals surface area contributed by atoms with Crippen LogP contribution in [0.1, 0.15) is 0 Å². The maximum atomic E-state index is 5.43. The monoisotopic (exact) mass is 761 g/mol. The van der Waals surface area contributed by atoms with Gasteiger partial charge in [0.05, 0.1) is 22.6 Å². The number of fused-ring (bicyclic) bond motifs is 10. The fourth-order valence-electron chi connectivity index (χ4n) is 9.09. The lowest BCUT2D eigenvalue weighted by Crippen LogP contribution is -1.96. The Labute approximate surface area is 346 Å². The van der Waals surface area contributed by atoms with Crippen molar-refractivity contribution < 1.29 is 0 Å². The van der Waals surface area contributed by atoms with Gasteiger partial charge >= 0.3 is 0 Å². The van der Waals surface area contributed by atoms with Crippen LogP contribution in [0, 0.1) is 0 Å². The molecule has 0 amide bonds. The fraction of sp³-hybridized carbons (Fsp3) is 0. The largest absolute Gasteiger partial charge is 0.247 e. The van der Waals surface area contributed by atoms with E-state index in [1.165, 1.54) is 48.5 Å². The summed E-state index contributed by atoms with van der Waals surface area (Å²) in [5, 5.41) is 13.3. The highest BCUT2D eigenvalue weighted by Crippen LogP contribution is 2.43. The summed E-state index contributed by atoms with van der Waals surface area (Å²) in [4.78, 5) is 15.9. The molecule has 0 saturated heterocycles. The van der Waals surface area contributed by atoms with Crippen LogP contribution in [-0.4, -0.2) is 15.0 Å². The zero-order valence-electron chi connectivity index (χ0n) is 32.5. The highest BCUT2D eigenvalue weighted by molar-refractivity contribution is 6.33. The molecule has 3 heteroatoms. The molecule has 12 rings (SSSR count). The minimum absolute atomic E-state index is 0.697. The second kappa shape index (κ2) is 13.8. The molecule has 0 radical (unpaired) electrons. The third-order valence-electron chi connectivity index (χ3n) is 12.0. The van der Waals surface area contributed by atoms with Crippen molar-refractivity contribution in [1.29, 1.82) is 0 Å². The number of aromatic nitrogens is 3. The van der Waals surface area contributed by atoms with Crippen LogP contribution in [-0.2, 0) is 0 Å². The second-order valence-corrected chi connectivity index (χ2v) is 15.6. The van der Waals surface area contributed by atoms with Gasteiger partial charge in [-0.3, -0.25) is 0 Å². The molecule has 0 spiro atoms. The molecule has 0 bridgehead atoms. The predicted molar refractivity (Wildman–Crippen MR) is 252 cm³/mol. The Morgan fingerprint density at radius 3 is 1.38 bits per heavy atom.